The lowest BCUT2D eigenvalue weighted by Crippen LogP contribution is -2.32. The lowest BCUT2D eigenvalue weighted by molar-refractivity contribution is -0.114. The van der Waals surface area contributed by atoms with Crippen molar-refractivity contribution in [1.29, 1.82) is 0 Å². The Labute approximate surface area is 241 Å². The summed E-state index contributed by atoms with van der Waals surface area (Å²) < 4.78 is 30.4. The molecule has 210 valence electrons. The molecule has 0 N–H and O–H groups in total. The molecule has 2 heterocycles. The molecule has 1 aliphatic rings. The first kappa shape index (κ1) is 28.2. The Kier molecular flexibility index (Phi) is 8.28. The number of benzene rings is 3. The maximum atomic E-state index is 13.6. The van der Waals surface area contributed by atoms with Gasteiger partial charge in [0.1, 0.15) is 5.69 Å². The average Bonchev–Trinajstić information content (AvgIpc) is 3.55. The minimum absolute atomic E-state index is 0.217. The van der Waals surface area contributed by atoms with Crippen molar-refractivity contribution in [2.75, 3.05) is 18.1 Å². The molecule has 8 nitrogen and oxygen atoms in total. The van der Waals surface area contributed by atoms with E-state index in [1.165, 1.54) is 9.31 Å². The predicted molar refractivity (Wildman–Crippen MR) is 163 cm³/mol. The summed E-state index contributed by atoms with van der Waals surface area (Å²) in [5.74, 6) is -0.238. The van der Waals surface area contributed by atoms with Gasteiger partial charge in [-0.1, -0.05) is 62.4 Å². The van der Waals surface area contributed by atoms with Crippen molar-refractivity contribution in [2.24, 2.45) is 5.10 Å². The number of hydrazone groups is 1. The first-order chi connectivity index (χ1) is 19.8. The molecule has 0 radical (unpaired) electrons. The molecule has 1 aromatic heterocycles. The van der Waals surface area contributed by atoms with E-state index in [0.717, 1.165) is 18.5 Å². The van der Waals surface area contributed by atoms with Gasteiger partial charge in [0.25, 0.3) is 5.91 Å². The second kappa shape index (κ2) is 12.0. The second-order valence-corrected chi connectivity index (χ2v) is 11.8. The van der Waals surface area contributed by atoms with Gasteiger partial charge in [-0.15, -0.1) is 0 Å². The van der Waals surface area contributed by atoms with Gasteiger partial charge in [0.15, 0.2) is 0 Å². The molecule has 41 heavy (non-hydrogen) atoms. The zero-order valence-corrected chi connectivity index (χ0v) is 24.3. The number of hydrogen-bond acceptors (Lipinski definition) is 5. The van der Waals surface area contributed by atoms with Crippen molar-refractivity contribution >= 4 is 33.4 Å². The molecule has 1 amide bonds. The number of aromatic nitrogens is 2. The molecule has 0 unspecified atom stereocenters. The molecule has 0 saturated heterocycles. The van der Waals surface area contributed by atoms with Gasteiger partial charge < -0.3 is 0 Å². The molecule has 9 heteroatoms. The third-order valence-corrected chi connectivity index (χ3v) is 8.71. The number of nitrogens with zero attached hydrogens (tertiary/aromatic N) is 5. The zero-order chi connectivity index (χ0) is 29.0. The number of carbonyl (C=O) groups is 1. The molecular weight excluding hydrogens is 534 g/mol. The van der Waals surface area contributed by atoms with Crippen molar-refractivity contribution in [1.82, 2.24) is 14.1 Å². The van der Waals surface area contributed by atoms with Crippen molar-refractivity contribution in [2.45, 2.75) is 38.5 Å². The summed E-state index contributed by atoms with van der Waals surface area (Å²) >= 11 is 0. The Morgan fingerprint density at radius 1 is 0.854 bits per heavy atom. The van der Waals surface area contributed by atoms with Crippen LogP contribution in [0.2, 0.25) is 0 Å². The molecule has 0 bridgehead atoms. The summed E-state index contributed by atoms with van der Waals surface area (Å²) in [4.78, 5) is 13.7. The van der Waals surface area contributed by atoms with Crippen LogP contribution >= 0.6 is 0 Å². The highest BCUT2D eigenvalue weighted by atomic mass is 32.2. The van der Waals surface area contributed by atoms with Crippen LogP contribution in [0.1, 0.15) is 39.2 Å². The van der Waals surface area contributed by atoms with Crippen LogP contribution in [-0.4, -0.2) is 47.2 Å². The minimum Gasteiger partial charge on any atom is -0.267 e. The Morgan fingerprint density at radius 3 is 2.12 bits per heavy atom. The minimum atomic E-state index is -3.69. The normalized spacial score (nSPS) is 14.7. The molecule has 0 atom stereocenters. The van der Waals surface area contributed by atoms with Gasteiger partial charge in [0.2, 0.25) is 10.0 Å². The summed E-state index contributed by atoms with van der Waals surface area (Å²) in [6, 6.07) is 25.8. The van der Waals surface area contributed by atoms with E-state index in [2.05, 4.69) is 5.10 Å². The van der Waals surface area contributed by atoms with E-state index in [-0.39, 0.29) is 10.8 Å². The maximum Gasteiger partial charge on any atom is 0.280 e. The Hall–Kier alpha value is -4.34. The number of sulfonamides is 1. The molecule has 0 aliphatic carbocycles. The highest BCUT2D eigenvalue weighted by Gasteiger charge is 2.30. The highest BCUT2D eigenvalue weighted by molar-refractivity contribution is 7.89. The predicted octanol–water partition coefficient (Wildman–Crippen LogP) is 6.16. The molecule has 0 fully saturated rings. The molecular formula is C32H33N5O3S. The van der Waals surface area contributed by atoms with Crippen molar-refractivity contribution in [3.8, 4) is 16.9 Å². The molecule has 0 saturated carbocycles. The number of amides is 1. The lowest BCUT2D eigenvalue weighted by Gasteiger charge is -2.21. The molecule has 5 rings (SSSR count). The van der Waals surface area contributed by atoms with Gasteiger partial charge in [-0.05, 0) is 62.2 Å². The Bertz CT molecular complexity index is 1700. The van der Waals surface area contributed by atoms with Crippen LogP contribution in [-0.2, 0) is 14.8 Å². The number of rotatable bonds is 10. The van der Waals surface area contributed by atoms with E-state index in [4.69, 9.17) is 5.10 Å². The van der Waals surface area contributed by atoms with Crippen LogP contribution in [0.15, 0.2) is 107 Å². The first-order valence-electron chi connectivity index (χ1n) is 13.8. The van der Waals surface area contributed by atoms with Crippen LogP contribution in [0.5, 0.6) is 0 Å². The second-order valence-electron chi connectivity index (χ2n) is 9.84. The number of para-hydroxylation sites is 2. The van der Waals surface area contributed by atoms with Gasteiger partial charge in [-0.3, -0.25) is 4.79 Å². The van der Waals surface area contributed by atoms with Gasteiger partial charge >= 0.3 is 0 Å². The van der Waals surface area contributed by atoms with Crippen LogP contribution < -0.4 is 5.01 Å². The fourth-order valence-corrected chi connectivity index (χ4v) is 6.49. The summed E-state index contributed by atoms with van der Waals surface area (Å²) in [5.41, 5.74) is 4.44. The summed E-state index contributed by atoms with van der Waals surface area (Å²) in [6.07, 6.45) is 5.10. The topological polar surface area (TPSA) is 87.9 Å². The van der Waals surface area contributed by atoms with Gasteiger partial charge in [-0.2, -0.15) is 19.5 Å². The standard InChI is InChI=1S/C32H33N5O3S/c1-4-19-35(20-5-2)41(39,40)29-18-12-13-25(21-29)31-26(23-36(34-31)27-14-8-6-9-15-27)22-30-24(3)33-37(32(30)38)28-16-10-7-11-17-28/h6-18,21-23H,4-5,19-20H2,1-3H3/b30-22-. The molecule has 3 aromatic carbocycles. The summed E-state index contributed by atoms with van der Waals surface area (Å²) in [7, 11) is -3.69. The smallest absolute Gasteiger partial charge is 0.267 e. The van der Waals surface area contributed by atoms with E-state index in [9.17, 15) is 13.2 Å². The average molecular weight is 568 g/mol. The third-order valence-electron chi connectivity index (χ3n) is 6.82. The Morgan fingerprint density at radius 2 is 1.49 bits per heavy atom. The fraction of sp³-hybridized carbons (Fsp3) is 0.219. The molecule has 1 aliphatic heterocycles. The summed E-state index contributed by atoms with van der Waals surface area (Å²) in [5, 5.41) is 10.8. The monoisotopic (exact) mass is 567 g/mol. The first-order valence-corrected chi connectivity index (χ1v) is 15.2. The molecule has 0 spiro atoms. The summed E-state index contributed by atoms with van der Waals surface area (Å²) in [6.45, 7) is 6.66. The zero-order valence-electron chi connectivity index (χ0n) is 23.4. The van der Waals surface area contributed by atoms with E-state index < -0.39 is 10.0 Å². The van der Waals surface area contributed by atoms with Gasteiger partial charge in [-0.25, -0.2) is 13.1 Å². The number of carbonyl (C=O) groups excluding carboxylic acids is 1. The highest BCUT2D eigenvalue weighted by Crippen LogP contribution is 2.31. The molecule has 4 aromatic rings. The number of hydrogen-bond donors (Lipinski definition) is 0. The van der Waals surface area contributed by atoms with Crippen molar-refractivity contribution in [3.05, 3.63) is 102 Å². The van der Waals surface area contributed by atoms with Gasteiger partial charge in [0.05, 0.1) is 27.6 Å². The SMILES string of the molecule is CCCN(CCC)S(=O)(=O)c1cccc(-c2nn(-c3ccccc3)cc2/C=C2\C(=O)N(c3ccccc3)N=C2C)c1. The van der Waals surface area contributed by atoms with E-state index in [1.807, 2.05) is 86.8 Å². The van der Waals surface area contributed by atoms with E-state index >= 15 is 0 Å². The van der Waals surface area contributed by atoms with Crippen LogP contribution in [0.4, 0.5) is 5.69 Å². The quantitative estimate of drug-likeness (QED) is 0.215. The van der Waals surface area contributed by atoms with Crippen LogP contribution in [0.3, 0.4) is 0 Å². The maximum absolute atomic E-state index is 13.6. The van der Waals surface area contributed by atoms with Crippen LogP contribution in [0, 0.1) is 0 Å². The van der Waals surface area contributed by atoms with Crippen LogP contribution in [0.25, 0.3) is 23.0 Å². The third kappa shape index (κ3) is 5.77. The van der Waals surface area contributed by atoms with Crippen molar-refractivity contribution < 1.29 is 13.2 Å². The Balaban J connectivity index is 1.60. The van der Waals surface area contributed by atoms with E-state index in [0.29, 0.717) is 46.9 Å². The largest absolute Gasteiger partial charge is 0.280 e. The van der Waals surface area contributed by atoms with Gasteiger partial charge in [0, 0.05) is 30.4 Å². The lowest BCUT2D eigenvalue weighted by atomic mass is 10.0. The number of anilines is 1. The van der Waals surface area contributed by atoms with E-state index in [1.54, 1.807) is 35.9 Å². The fourth-order valence-electron chi connectivity index (χ4n) is 4.82. The van der Waals surface area contributed by atoms with Crippen molar-refractivity contribution in [3.63, 3.8) is 0 Å².